The summed E-state index contributed by atoms with van der Waals surface area (Å²) in [5.41, 5.74) is 2.50. The topological polar surface area (TPSA) is 39.1 Å². The average molecular weight is 181 g/mol. The van der Waals surface area contributed by atoms with Crippen molar-refractivity contribution < 1.29 is 4.74 Å². The first-order valence-electron chi connectivity index (χ1n) is 4.53. The molecule has 2 rings (SSSR count). The zero-order valence-electron chi connectivity index (χ0n) is 8.08. The van der Waals surface area contributed by atoms with Crippen LogP contribution in [0.4, 0.5) is 0 Å². The summed E-state index contributed by atoms with van der Waals surface area (Å²) in [4.78, 5) is 0. The number of nitrogens with one attached hydrogen (secondary N) is 1. The van der Waals surface area contributed by atoms with Crippen LogP contribution in [0.2, 0.25) is 0 Å². The van der Waals surface area contributed by atoms with Gasteiger partial charge in [-0.3, -0.25) is 4.68 Å². The zero-order valence-corrected chi connectivity index (χ0v) is 8.08. The normalized spacial score (nSPS) is 21.5. The second kappa shape index (κ2) is 3.47. The van der Waals surface area contributed by atoms with Gasteiger partial charge >= 0.3 is 0 Å². The average Bonchev–Trinajstić information content (AvgIpc) is 2.47. The largest absolute Gasteiger partial charge is 0.384 e. The van der Waals surface area contributed by atoms with Gasteiger partial charge < -0.3 is 10.1 Å². The van der Waals surface area contributed by atoms with Crippen LogP contribution in [0.15, 0.2) is 6.20 Å². The van der Waals surface area contributed by atoms with Crippen LogP contribution in [0.25, 0.3) is 0 Å². The molecule has 1 aromatic heterocycles. The molecule has 1 aliphatic heterocycles. The molecule has 2 heterocycles. The van der Waals surface area contributed by atoms with E-state index in [1.54, 1.807) is 7.11 Å². The molecule has 0 spiro atoms. The molecular formula is C9H15N3O. The van der Waals surface area contributed by atoms with Gasteiger partial charge in [0.05, 0.1) is 12.3 Å². The van der Waals surface area contributed by atoms with E-state index in [4.69, 9.17) is 4.74 Å². The highest BCUT2D eigenvalue weighted by atomic mass is 16.5. The minimum atomic E-state index is 0.461. The monoisotopic (exact) mass is 181 g/mol. The van der Waals surface area contributed by atoms with Gasteiger partial charge in [-0.15, -0.1) is 0 Å². The molecule has 0 amide bonds. The number of hydrogen-bond donors (Lipinski definition) is 1. The van der Waals surface area contributed by atoms with Gasteiger partial charge in [-0.05, 0) is 0 Å². The first-order valence-corrected chi connectivity index (χ1v) is 4.53. The van der Waals surface area contributed by atoms with Gasteiger partial charge in [-0.2, -0.15) is 5.10 Å². The van der Waals surface area contributed by atoms with Crippen LogP contribution in [-0.4, -0.2) is 30.0 Å². The Labute approximate surface area is 77.9 Å². The molecule has 72 valence electrons. The van der Waals surface area contributed by atoms with E-state index in [2.05, 4.69) is 16.6 Å². The van der Waals surface area contributed by atoms with Gasteiger partial charge in [0.2, 0.25) is 0 Å². The van der Waals surface area contributed by atoms with Crippen molar-refractivity contribution in [2.75, 3.05) is 20.3 Å². The van der Waals surface area contributed by atoms with Crippen LogP contribution >= 0.6 is 0 Å². The standard InChI is InChI=1S/C9H15N3O/c1-12-5-8-7(6-13-2)3-10-4-9(8)11-12/h5,7,10H,3-4,6H2,1-2H3/t7-/m0/s1. The molecule has 1 atom stereocenters. The summed E-state index contributed by atoms with van der Waals surface area (Å²) < 4.78 is 7.05. The third-order valence-corrected chi connectivity index (χ3v) is 2.43. The Kier molecular flexibility index (Phi) is 2.33. The zero-order chi connectivity index (χ0) is 9.26. The summed E-state index contributed by atoms with van der Waals surface area (Å²) in [5.74, 6) is 0.461. The fourth-order valence-electron chi connectivity index (χ4n) is 1.86. The molecule has 1 aromatic rings. The van der Waals surface area contributed by atoms with Crippen LogP contribution in [0, 0.1) is 0 Å². The van der Waals surface area contributed by atoms with Gasteiger partial charge in [0.15, 0.2) is 0 Å². The minimum Gasteiger partial charge on any atom is -0.384 e. The van der Waals surface area contributed by atoms with Gasteiger partial charge in [0.25, 0.3) is 0 Å². The molecule has 0 saturated heterocycles. The molecule has 1 N–H and O–H groups in total. The molecule has 0 saturated carbocycles. The Morgan fingerprint density at radius 3 is 3.38 bits per heavy atom. The highest BCUT2D eigenvalue weighted by molar-refractivity contribution is 5.25. The van der Waals surface area contributed by atoms with Crippen molar-refractivity contribution in [1.29, 1.82) is 0 Å². The third kappa shape index (κ3) is 1.59. The Bertz CT molecular complexity index is 295. The number of hydrogen-bond acceptors (Lipinski definition) is 3. The molecule has 4 nitrogen and oxygen atoms in total. The summed E-state index contributed by atoms with van der Waals surface area (Å²) in [7, 11) is 3.70. The maximum atomic E-state index is 5.17. The maximum absolute atomic E-state index is 5.17. The van der Waals surface area contributed by atoms with E-state index < -0.39 is 0 Å². The van der Waals surface area contributed by atoms with Crippen LogP contribution in [-0.2, 0) is 18.3 Å². The van der Waals surface area contributed by atoms with Crippen molar-refractivity contribution in [1.82, 2.24) is 15.1 Å². The van der Waals surface area contributed by atoms with E-state index in [1.807, 2.05) is 11.7 Å². The van der Waals surface area contributed by atoms with Crippen LogP contribution in [0.3, 0.4) is 0 Å². The first-order chi connectivity index (χ1) is 6.31. The number of nitrogens with zero attached hydrogens (tertiary/aromatic N) is 2. The lowest BCUT2D eigenvalue weighted by Gasteiger charge is -2.21. The molecule has 0 bridgehead atoms. The van der Waals surface area contributed by atoms with Crippen molar-refractivity contribution in [3.8, 4) is 0 Å². The second-order valence-corrected chi connectivity index (χ2v) is 3.49. The fourth-order valence-corrected chi connectivity index (χ4v) is 1.86. The quantitative estimate of drug-likeness (QED) is 0.711. The molecule has 0 radical (unpaired) electrons. The maximum Gasteiger partial charge on any atom is 0.0798 e. The molecule has 0 aliphatic carbocycles. The molecule has 4 heteroatoms. The highest BCUT2D eigenvalue weighted by Gasteiger charge is 2.22. The number of aryl methyl sites for hydroxylation is 1. The van der Waals surface area contributed by atoms with Crippen LogP contribution < -0.4 is 5.32 Å². The van der Waals surface area contributed by atoms with Crippen molar-refractivity contribution in [3.63, 3.8) is 0 Å². The van der Waals surface area contributed by atoms with Gasteiger partial charge in [-0.25, -0.2) is 0 Å². The predicted molar refractivity (Wildman–Crippen MR) is 49.5 cm³/mol. The second-order valence-electron chi connectivity index (χ2n) is 3.49. The fraction of sp³-hybridized carbons (Fsp3) is 0.667. The number of aromatic nitrogens is 2. The number of rotatable bonds is 2. The highest BCUT2D eigenvalue weighted by Crippen LogP contribution is 2.22. The van der Waals surface area contributed by atoms with Gasteiger partial charge in [0, 0.05) is 44.9 Å². The Morgan fingerprint density at radius 2 is 2.62 bits per heavy atom. The first kappa shape index (κ1) is 8.72. The van der Waals surface area contributed by atoms with E-state index in [1.165, 1.54) is 5.56 Å². The SMILES string of the molecule is COC[C@@H]1CNCc2nn(C)cc21. The Balaban J connectivity index is 2.25. The molecule has 0 fully saturated rings. The van der Waals surface area contributed by atoms with E-state index >= 15 is 0 Å². The lowest BCUT2D eigenvalue weighted by Crippen LogP contribution is -2.29. The molecule has 0 aromatic carbocycles. The summed E-state index contributed by atoms with van der Waals surface area (Å²) >= 11 is 0. The molecule has 1 aliphatic rings. The summed E-state index contributed by atoms with van der Waals surface area (Å²) in [6.07, 6.45) is 2.10. The number of fused-ring (bicyclic) bond motifs is 1. The minimum absolute atomic E-state index is 0.461. The number of ether oxygens (including phenoxy) is 1. The lowest BCUT2D eigenvalue weighted by atomic mass is 9.97. The van der Waals surface area contributed by atoms with Crippen molar-refractivity contribution in [2.45, 2.75) is 12.5 Å². The number of methoxy groups -OCH3 is 1. The molecule has 0 unspecified atom stereocenters. The lowest BCUT2D eigenvalue weighted by molar-refractivity contribution is 0.175. The Morgan fingerprint density at radius 1 is 1.77 bits per heavy atom. The summed E-state index contributed by atoms with van der Waals surface area (Å²) in [6, 6.07) is 0. The van der Waals surface area contributed by atoms with E-state index in [9.17, 15) is 0 Å². The van der Waals surface area contributed by atoms with Gasteiger partial charge in [-0.1, -0.05) is 0 Å². The smallest absolute Gasteiger partial charge is 0.0798 e. The van der Waals surface area contributed by atoms with E-state index in [0.717, 1.165) is 25.4 Å². The molecular weight excluding hydrogens is 166 g/mol. The predicted octanol–water partition coefficient (Wildman–Crippen LogP) is 0.253. The van der Waals surface area contributed by atoms with Gasteiger partial charge in [0.1, 0.15) is 0 Å². The summed E-state index contributed by atoms with van der Waals surface area (Å²) in [5, 5.41) is 7.72. The van der Waals surface area contributed by atoms with Crippen molar-refractivity contribution in [3.05, 3.63) is 17.5 Å². The van der Waals surface area contributed by atoms with Crippen LogP contribution in [0.5, 0.6) is 0 Å². The molecule has 13 heavy (non-hydrogen) atoms. The van der Waals surface area contributed by atoms with Crippen molar-refractivity contribution >= 4 is 0 Å². The Hall–Kier alpha value is -0.870. The van der Waals surface area contributed by atoms with E-state index in [-0.39, 0.29) is 0 Å². The summed E-state index contributed by atoms with van der Waals surface area (Å²) in [6.45, 7) is 2.65. The third-order valence-electron chi connectivity index (χ3n) is 2.43. The van der Waals surface area contributed by atoms with Crippen molar-refractivity contribution in [2.24, 2.45) is 7.05 Å². The van der Waals surface area contributed by atoms with E-state index in [0.29, 0.717) is 5.92 Å². The van der Waals surface area contributed by atoms with Crippen LogP contribution in [0.1, 0.15) is 17.2 Å².